The second kappa shape index (κ2) is 5.07. The van der Waals surface area contributed by atoms with Crippen molar-refractivity contribution in [2.75, 3.05) is 24.6 Å². The van der Waals surface area contributed by atoms with Gasteiger partial charge >= 0.3 is 0 Å². The number of morpholine rings is 1. The molecule has 6 nitrogen and oxygen atoms in total. The molecular weight excluding hydrogens is 244 g/mol. The van der Waals surface area contributed by atoms with E-state index in [1.54, 1.807) is 18.6 Å². The molecule has 1 saturated heterocycles. The molecule has 0 spiro atoms. The smallest absolute Gasteiger partial charge is 0.180 e. The van der Waals surface area contributed by atoms with Crippen LogP contribution in [0.4, 0.5) is 5.69 Å². The van der Waals surface area contributed by atoms with Crippen LogP contribution in [0.25, 0.3) is 11.2 Å². The molecule has 19 heavy (non-hydrogen) atoms. The van der Waals surface area contributed by atoms with E-state index in [2.05, 4.69) is 19.9 Å². The van der Waals surface area contributed by atoms with E-state index in [1.807, 2.05) is 13.0 Å². The summed E-state index contributed by atoms with van der Waals surface area (Å²) >= 11 is 0. The van der Waals surface area contributed by atoms with Crippen molar-refractivity contribution in [1.29, 1.82) is 0 Å². The van der Waals surface area contributed by atoms with Gasteiger partial charge in [-0.2, -0.15) is 0 Å². The van der Waals surface area contributed by atoms with Gasteiger partial charge in [-0.15, -0.1) is 0 Å². The first-order valence-corrected chi connectivity index (χ1v) is 6.35. The quantitative estimate of drug-likeness (QED) is 0.853. The molecule has 0 aliphatic carbocycles. The summed E-state index contributed by atoms with van der Waals surface area (Å²) in [5.74, 6) is 0. The van der Waals surface area contributed by atoms with E-state index in [9.17, 15) is 5.11 Å². The summed E-state index contributed by atoms with van der Waals surface area (Å²) in [6.07, 6.45) is 4.95. The monoisotopic (exact) mass is 260 g/mol. The summed E-state index contributed by atoms with van der Waals surface area (Å²) in [5.41, 5.74) is 2.42. The highest BCUT2D eigenvalue weighted by atomic mass is 16.5. The first-order valence-electron chi connectivity index (χ1n) is 6.35. The summed E-state index contributed by atoms with van der Waals surface area (Å²) in [5, 5.41) is 9.29. The molecule has 2 aromatic rings. The molecule has 2 atom stereocenters. The van der Waals surface area contributed by atoms with E-state index in [0.29, 0.717) is 12.2 Å². The Balaban J connectivity index is 1.99. The maximum atomic E-state index is 9.29. The first kappa shape index (κ1) is 12.3. The second-order valence-electron chi connectivity index (χ2n) is 4.71. The van der Waals surface area contributed by atoms with Gasteiger partial charge in [-0.1, -0.05) is 0 Å². The molecule has 0 radical (unpaired) electrons. The predicted molar refractivity (Wildman–Crippen MR) is 71.0 cm³/mol. The summed E-state index contributed by atoms with van der Waals surface area (Å²) in [6, 6.07) is 1.93. The minimum Gasteiger partial charge on any atom is -0.394 e. The summed E-state index contributed by atoms with van der Waals surface area (Å²) in [4.78, 5) is 15.0. The maximum Gasteiger partial charge on any atom is 0.180 e. The van der Waals surface area contributed by atoms with E-state index in [1.165, 1.54) is 0 Å². The molecule has 1 N–H and O–H groups in total. The van der Waals surface area contributed by atoms with Crippen LogP contribution in [0.5, 0.6) is 0 Å². The van der Waals surface area contributed by atoms with Crippen molar-refractivity contribution in [2.45, 2.75) is 19.1 Å². The Morgan fingerprint density at radius 1 is 1.26 bits per heavy atom. The van der Waals surface area contributed by atoms with Crippen LogP contribution in [0.15, 0.2) is 24.7 Å². The van der Waals surface area contributed by atoms with Crippen molar-refractivity contribution in [3.63, 3.8) is 0 Å². The van der Waals surface area contributed by atoms with Crippen LogP contribution in [0.1, 0.15) is 6.92 Å². The minimum atomic E-state index is -0.163. The minimum absolute atomic E-state index is 0.0233. The van der Waals surface area contributed by atoms with E-state index in [-0.39, 0.29) is 18.8 Å². The van der Waals surface area contributed by atoms with Crippen molar-refractivity contribution in [1.82, 2.24) is 15.0 Å². The standard InChI is InChI=1S/C13H16N4O2/c1-9-6-17(7-10(8-18)19-9)11-2-3-15-13-12(11)14-4-5-16-13/h2-5,9-10,18H,6-8H2,1H3/t9-,10-/m1/s1. The summed E-state index contributed by atoms with van der Waals surface area (Å²) < 4.78 is 5.66. The first-order chi connectivity index (χ1) is 9.28. The van der Waals surface area contributed by atoms with Crippen LogP contribution in [0.3, 0.4) is 0 Å². The van der Waals surface area contributed by atoms with Crippen molar-refractivity contribution in [2.24, 2.45) is 0 Å². The molecule has 1 aliphatic rings. The van der Waals surface area contributed by atoms with Gasteiger partial charge in [0.05, 0.1) is 24.5 Å². The Morgan fingerprint density at radius 2 is 2.05 bits per heavy atom. The van der Waals surface area contributed by atoms with Crippen LogP contribution in [0.2, 0.25) is 0 Å². The third kappa shape index (κ3) is 2.36. The fourth-order valence-electron chi connectivity index (χ4n) is 2.46. The number of ether oxygens (including phenoxy) is 1. The van der Waals surface area contributed by atoms with Gasteiger partial charge in [0.15, 0.2) is 5.65 Å². The number of hydrogen-bond acceptors (Lipinski definition) is 6. The molecule has 2 aromatic heterocycles. The highest BCUT2D eigenvalue weighted by Gasteiger charge is 2.26. The number of aliphatic hydroxyl groups is 1. The van der Waals surface area contributed by atoms with Crippen molar-refractivity contribution >= 4 is 16.9 Å². The van der Waals surface area contributed by atoms with E-state index in [4.69, 9.17) is 4.74 Å². The van der Waals surface area contributed by atoms with Gasteiger partial charge in [0.25, 0.3) is 0 Å². The normalized spacial score (nSPS) is 23.8. The number of pyridine rings is 1. The molecule has 0 bridgehead atoms. The van der Waals surface area contributed by atoms with Crippen LogP contribution in [-0.2, 0) is 4.74 Å². The fourth-order valence-corrected chi connectivity index (χ4v) is 2.46. The fraction of sp³-hybridized carbons (Fsp3) is 0.462. The van der Waals surface area contributed by atoms with Crippen LogP contribution in [0, 0.1) is 0 Å². The van der Waals surface area contributed by atoms with Gasteiger partial charge in [0, 0.05) is 31.7 Å². The number of fused-ring (bicyclic) bond motifs is 1. The zero-order valence-electron chi connectivity index (χ0n) is 10.7. The second-order valence-corrected chi connectivity index (χ2v) is 4.71. The highest BCUT2D eigenvalue weighted by molar-refractivity contribution is 5.85. The maximum absolute atomic E-state index is 9.29. The Bertz CT molecular complexity index is 572. The lowest BCUT2D eigenvalue weighted by Crippen LogP contribution is -2.48. The number of rotatable bonds is 2. The Kier molecular flexibility index (Phi) is 3.27. The molecule has 100 valence electrons. The highest BCUT2D eigenvalue weighted by Crippen LogP contribution is 2.25. The van der Waals surface area contributed by atoms with Crippen LogP contribution in [-0.4, -0.2) is 52.0 Å². The largest absolute Gasteiger partial charge is 0.394 e. The van der Waals surface area contributed by atoms with Crippen LogP contribution < -0.4 is 4.90 Å². The lowest BCUT2D eigenvalue weighted by molar-refractivity contribution is -0.0420. The molecule has 3 rings (SSSR count). The van der Waals surface area contributed by atoms with E-state index < -0.39 is 0 Å². The summed E-state index contributed by atoms with van der Waals surface area (Å²) in [7, 11) is 0. The zero-order valence-corrected chi connectivity index (χ0v) is 10.7. The molecule has 0 saturated carbocycles. The average molecular weight is 260 g/mol. The Labute approximate surface area is 111 Å². The average Bonchev–Trinajstić information content (AvgIpc) is 2.46. The van der Waals surface area contributed by atoms with Gasteiger partial charge in [-0.25, -0.2) is 15.0 Å². The number of aliphatic hydroxyl groups excluding tert-OH is 1. The molecular formula is C13H16N4O2. The lowest BCUT2D eigenvalue weighted by Gasteiger charge is -2.37. The van der Waals surface area contributed by atoms with Crippen molar-refractivity contribution in [3.8, 4) is 0 Å². The third-order valence-electron chi connectivity index (χ3n) is 3.22. The van der Waals surface area contributed by atoms with Gasteiger partial charge in [-0.05, 0) is 13.0 Å². The molecule has 0 amide bonds. The van der Waals surface area contributed by atoms with Gasteiger partial charge < -0.3 is 14.7 Å². The molecule has 6 heteroatoms. The molecule has 0 aromatic carbocycles. The predicted octanol–water partition coefficient (Wildman–Crippen LogP) is 0.611. The van der Waals surface area contributed by atoms with E-state index in [0.717, 1.165) is 17.7 Å². The topological polar surface area (TPSA) is 71.4 Å². The lowest BCUT2D eigenvalue weighted by atomic mass is 10.2. The molecule has 0 unspecified atom stereocenters. The number of nitrogens with zero attached hydrogens (tertiary/aromatic N) is 4. The zero-order chi connectivity index (χ0) is 13.2. The van der Waals surface area contributed by atoms with Gasteiger partial charge in [-0.3, -0.25) is 0 Å². The Hall–Kier alpha value is -1.79. The van der Waals surface area contributed by atoms with Crippen LogP contribution >= 0.6 is 0 Å². The molecule has 3 heterocycles. The molecule has 1 aliphatic heterocycles. The number of hydrogen-bond donors (Lipinski definition) is 1. The van der Waals surface area contributed by atoms with Gasteiger partial charge in [0.2, 0.25) is 0 Å². The number of aromatic nitrogens is 3. The Morgan fingerprint density at radius 3 is 2.89 bits per heavy atom. The SMILES string of the molecule is C[C@@H]1CN(c2ccnc3nccnc23)C[C@H](CO)O1. The molecule has 1 fully saturated rings. The third-order valence-corrected chi connectivity index (χ3v) is 3.22. The summed E-state index contributed by atoms with van der Waals surface area (Å²) in [6.45, 7) is 3.45. The van der Waals surface area contributed by atoms with E-state index >= 15 is 0 Å². The van der Waals surface area contributed by atoms with Crippen molar-refractivity contribution < 1.29 is 9.84 Å². The number of anilines is 1. The van der Waals surface area contributed by atoms with Crippen molar-refractivity contribution in [3.05, 3.63) is 24.7 Å². The van der Waals surface area contributed by atoms with Gasteiger partial charge in [0.1, 0.15) is 5.52 Å².